The molecule has 32 heavy (non-hydrogen) atoms. The number of rotatable bonds is 5. The summed E-state index contributed by atoms with van der Waals surface area (Å²) in [6, 6.07) is 0. The summed E-state index contributed by atoms with van der Waals surface area (Å²) in [5, 5.41) is 0. The van der Waals surface area contributed by atoms with E-state index in [4.69, 9.17) is 0 Å². The molecule has 0 amide bonds. The second kappa shape index (κ2) is 11.0. The molecule has 0 spiro atoms. The van der Waals surface area contributed by atoms with E-state index >= 15 is 0 Å². The van der Waals surface area contributed by atoms with Crippen LogP contribution in [-0.4, -0.2) is 0 Å². The Balaban J connectivity index is 0.00000118. The van der Waals surface area contributed by atoms with Gasteiger partial charge in [-0.3, -0.25) is 0 Å². The number of hydrogen-bond acceptors (Lipinski definition) is 0. The molecule has 0 heteroatoms. The quantitative estimate of drug-likeness (QED) is 0.370. The first kappa shape index (κ1) is 28.0. The lowest BCUT2D eigenvalue weighted by Crippen LogP contribution is -2.50. The predicted molar refractivity (Wildman–Crippen MR) is 145 cm³/mol. The van der Waals surface area contributed by atoms with E-state index in [0.717, 1.165) is 47.3 Å². The molecule has 0 bridgehead atoms. The van der Waals surface area contributed by atoms with E-state index < -0.39 is 0 Å². The summed E-state index contributed by atoms with van der Waals surface area (Å²) in [6.07, 6.45) is 17.5. The third-order valence-electron chi connectivity index (χ3n) is 11.3. The fourth-order valence-electron chi connectivity index (χ4n) is 8.88. The van der Waals surface area contributed by atoms with Crippen molar-refractivity contribution in [3.63, 3.8) is 0 Å². The smallest absolute Gasteiger partial charge is 0.00851 e. The van der Waals surface area contributed by atoms with Crippen molar-refractivity contribution in [1.82, 2.24) is 0 Å². The lowest BCUT2D eigenvalue weighted by Gasteiger charge is -2.58. The van der Waals surface area contributed by atoms with Crippen LogP contribution in [0.2, 0.25) is 0 Å². The third-order valence-corrected chi connectivity index (χ3v) is 11.3. The second-order valence-electron chi connectivity index (χ2n) is 13.1. The lowest BCUT2D eigenvalue weighted by atomic mass is 9.46. The van der Waals surface area contributed by atoms with E-state index in [9.17, 15) is 0 Å². The standard InChI is InChI=1S/C29H50.C2H6.CH4/c1-19(2)21(4)8-9-22(5)25-12-13-26-24-11-10-23-18-20(3)14-16-28(23,6)27(24)15-17-29(25,26)7;1-2;/h10,19-22,24-27H,8-9,11-18H2,1-7H3;1-2H3;1H4. The molecule has 0 heterocycles. The SMILES string of the molecule is C.CC.CC1CCC2(C)C(=CCC3C2CCC2(C)C(C(C)CCC(C)C(C)C)CCC32)C1. The fraction of sp³-hybridized carbons (Fsp3) is 0.938. The zero-order valence-electron chi connectivity index (χ0n) is 22.8. The van der Waals surface area contributed by atoms with Gasteiger partial charge in [0, 0.05) is 0 Å². The minimum atomic E-state index is 0. The average molecular weight is 445 g/mol. The molecule has 0 N–H and O–H groups in total. The maximum atomic E-state index is 2.75. The zero-order chi connectivity index (χ0) is 23.0. The first-order valence-electron chi connectivity index (χ1n) is 14.4. The molecule has 0 aromatic rings. The van der Waals surface area contributed by atoms with Gasteiger partial charge in [-0.25, -0.2) is 0 Å². The molecule has 4 rings (SSSR count). The monoisotopic (exact) mass is 444 g/mol. The van der Waals surface area contributed by atoms with Crippen LogP contribution in [0.5, 0.6) is 0 Å². The van der Waals surface area contributed by atoms with Gasteiger partial charge in [-0.2, -0.15) is 0 Å². The van der Waals surface area contributed by atoms with E-state index in [1.54, 1.807) is 0 Å². The Morgan fingerprint density at radius 3 is 2.25 bits per heavy atom. The molecule has 0 saturated heterocycles. The molecule has 0 aromatic carbocycles. The summed E-state index contributed by atoms with van der Waals surface area (Å²) in [5.41, 5.74) is 3.05. The molecule has 4 aliphatic rings. The molecule has 3 fully saturated rings. The van der Waals surface area contributed by atoms with Crippen LogP contribution >= 0.6 is 0 Å². The van der Waals surface area contributed by atoms with Crippen LogP contribution in [0.4, 0.5) is 0 Å². The number of hydrogen-bond donors (Lipinski definition) is 0. The van der Waals surface area contributed by atoms with Gasteiger partial charge >= 0.3 is 0 Å². The third kappa shape index (κ3) is 4.91. The van der Waals surface area contributed by atoms with Gasteiger partial charge in [-0.05, 0) is 110 Å². The van der Waals surface area contributed by atoms with Gasteiger partial charge in [0.05, 0.1) is 0 Å². The first-order chi connectivity index (χ1) is 14.7. The molecule has 0 aromatic heterocycles. The van der Waals surface area contributed by atoms with Gasteiger partial charge in [-0.15, -0.1) is 0 Å². The molecular formula is C32H60. The summed E-state index contributed by atoms with van der Waals surface area (Å²) in [5.74, 6) is 7.53. The summed E-state index contributed by atoms with van der Waals surface area (Å²) >= 11 is 0. The topological polar surface area (TPSA) is 0 Å². The normalized spacial score (nSPS) is 42.3. The Morgan fingerprint density at radius 2 is 1.59 bits per heavy atom. The highest BCUT2D eigenvalue weighted by atomic mass is 14.6. The van der Waals surface area contributed by atoms with E-state index in [1.807, 2.05) is 19.4 Å². The van der Waals surface area contributed by atoms with Gasteiger partial charge in [0.2, 0.25) is 0 Å². The Morgan fingerprint density at radius 1 is 0.906 bits per heavy atom. The summed E-state index contributed by atoms with van der Waals surface area (Å²) in [4.78, 5) is 0. The van der Waals surface area contributed by atoms with Gasteiger partial charge in [0.25, 0.3) is 0 Å². The first-order valence-corrected chi connectivity index (χ1v) is 14.4. The number of allylic oxidation sites excluding steroid dienone is 2. The molecule has 9 atom stereocenters. The Hall–Kier alpha value is -0.260. The van der Waals surface area contributed by atoms with Gasteiger partial charge < -0.3 is 0 Å². The molecular weight excluding hydrogens is 384 g/mol. The zero-order valence-corrected chi connectivity index (χ0v) is 22.8. The van der Waals surface area contributed by atoms with Crippen molar-refractivity contribution in [2.75, 3.05) is 0 Å². The molecule has 0 radical (unpaired) electrons. The summed E-state index contributed by atoms with van der Waals surface area (Å²) < 4.78 is 0. The van der Waals surface area contributed by atoms with Crippen molar-refractivity contribution in [2.45, 2.75) is 134 Å². The van der Waals surface area contributed by atoms with E-state index in [2.05, 4.69) is 54.5 Å². The largest absolute Gasteiger partial charge is 0.0845 e. The van der Waals surface area contributed by atoms with Crippen molar-refractivity contribution < 1.29 is 0 Å². The minimum absolute atomic E-state index is 0. The Bertz CT molecular complexity index is 614. The highest BCUT2D eigenvalue weighted by molar-refractivity contribution is 5.25. The fourth-order valence-corrected chi connectivity index (χ4v) is 8.88. The Kier molecular flexibility index (Phi) is 9.61. The van der Waals surface area contributed by atoms with E-state index in [1.165, 1.54) is 64.2 Å². The second-order valence-corrected chi connectivity index (χ2v) is 13.1. The predicted octanol–water partition coefficient (Wildman–Crippen LogP) is 10.6. The maximum absolute atomic E-state index is 2.75. The molecule has 4 aliphatic carbocycles. The minimum Gasteiger partial charge on any atom is -0.0845 e. The van der Waals surface area contributed by atoms with Crippen molar-refractivity contribution in [2.24, 2.45) is 58.2 Å². The van der Waals surface area contributed by atoms with Gasteiger partial charge in [-0.1, -0.05) is 94.2 Å². The molecule has 9 unspecified atom stereocenters. The van der Waals surface area contributed by atoms with Crippen LogP contribution in [0.1, 0.15) is 134 Å². The van der Waals surface area contributed by atoms with Crippen LogP contribution in [0, 0.1) is 58.2 Å². The highest BCUT2D eigenvalue weighted by Gasteiger charge is 2.58. The Labute approximate surface area is 203 Å². The van der Waals surface area contributed by atoms with E-state index in [-0.39, 0.29) is 7.43 Å². The van der Waals surface area contributed by atoms with Crippen LogP contribution in [-0.2, 0) is 0 Å². The number of fused-ring (bicyclic) bond motifs is 5. The molecule has 0 nitrogen and oxygen atoms in total. The maximum Gasteiger partial charge on any atom is -0.00851 e. The van der Waals surface area contributed by atoms with Crippen molar-refractivity contribution in [3.8, 4) is 0 Å². The highest BCUT2D eigenvalue weighted by Crippen LogP contribution is 2.67. The van der Waals surface area contributed by atoms with Crippen LogP contribution < -0.4 is 0 Å². The average Bonchev–Trinajstić information content (AvgIpc) is 3.11. The van der Waals surface area contributed by atoms with Gasteiger partial charge in [0.15, 0.2) is 0 Å². The summed E-state index contributed by atoms with van der Waals surface area (Å²) in [7, 11) is 0. The summed E-state index contributed by atoms with van der Waals surface area (Å²) in [6.45, 7) is 21.8. The van der Waals surface area contributed by atoms with E-state index in [0.29, 0.717) is 10.8 Å². The van der Waals surface area contributed by atoms with Crippen LogP contribution in [0.15, 0.2) is 11.6 Å². The lowest BCUT2D eigenvalue weighted by molar-refractivity contribution is -0.0525. The molecule has 0 aliphatic heterocycles. The van der Waals surface area contributed by atoms with Crippen molar-refractivity contribution >= 4 is 0 Å². The van der Waals surface area contributed by atoms with Crippen LogP contribution in [0.3, 0.4) is 0 Å². The molecule has 188 valence electrons. The van der Waals surface area contributed by atoms with Crippen LogP contribution in [0.25, 0.3) is 0 Å². The van der Waals surface area contributed by atoms with Gasteiger partial charge in [0.1, 0.15) is 0 Å². The van der Waals surface area contributed by atoms with Crippen molar-refractivity contribution in [3.05, 3.63) is 11.6 Å². The van der Waals surface area contributed by atoms with Crippen molar-refractivity contribution in [1.29, 1.82) is 0 Å². The molecule has 3 saturated carbocycles.